The first kappa shape index (κ1) is 17.0. The van der Waals surface area contributed by atoms with E-state index in [0.29, 0.717) is 11.7 Å². The van der Waals surface area contributed by atoms with Crippen LogP contribution in [0.2, 0.25) is 0 Å². The molecule has 0 atom stereocenters. The van der Waals surface area contributed by atoms with Crippen LogP contribution in [0.1, 0.15) is 0 Å². The van der Waals surface area contributed by atoms with Crippen molar-refractivity contribution < 1.29 is 14.1 Å². The quantitative estimate of drug-likeness (QED) is 0.548. The Morgan fingerprint density at radius 1 is 0.654 bits per heavy atom. The van der Waals surface area contributed by atoms with Crippen LogP contribution in [-0.4, -0.2) is 16.3 Å². The first-order valence-electron chi connectivity index (χ1n) is 7.86. The second-order valence-electron chi connectivity index (χ2n) is 5.32. The summed E-state index contributed by atoms with van der Waals surface area (Å²) < 4.78 is 5.39. The van der Waals surface area contributed by atoms with E-state index in [1.807, 2.05) is 60.7 Å². The molecule has 0 saturated heterocycles. The van der Waals surface area contributed by atoms with Gasteiger partial charge in [0.2, 0.25) is 5.82 Å². The van der Waals surface area contributed by atoms with E-state index in [1.54, 1.807) is 0 Å². The lowest BCUT2D eigenvalue weighted by Crippen LogP contribution is -1.83. The van der Waals surface area contributed by atoms with Gasteiger partial charge in [0.25, 0.3) is 5.89 Å². The van der Waals surface area contributed by atoms with Gasteiger partial charge in [-0.2, -0.15) is 14.6 Å². The van der Waals surface area contributed by atoms with E-state index in [2.05, 4.69) is 34.4 Å². The fraction of sp³-hybridized carbons (Fsp3) is 0. The van der Waals surface area contributed by atoms with Crippen molar-refractivity contribution in [3.63, 3.8) is 0 Å². The van der Waals surface area contributed by atoms with E-state index >= 15 is 0 Å². The normalized spacial score (nSPS) is 9.69. The molecule has 0 aliphatic rings. The topological polar surface area (TPSA) is 73.1 Å². The van der Waals surface area contributed by atoms with Crippen LogP contribution in [0.3, 0.4) is 0 Å². The van der Waals surface area contributed by atoms with E-state index in [0.717, 1.165) is 16.7 Å². The Kier molecular flexibility index (Phi) is 5.45. The van der Waals surface area contributed by atoms with E-state index < -0.39 is 0 Å². The molecule has 4 aromatic rings. The van der Waals surface area contributed by atoms with Gasteiger partial charge < -0.3 is 4.52 Å². The third-order valence-electron chi connectivity index (χ3n) is 3.67. The summed E-state index contributed by atoms with van der Waals surface area (Å²) in [7, 11) is 0. The van der Waals surface area contributed by atoms with Crippen LogP contribution in [0.4, 0.5) is 0 Å². The van der Waals surface area contributed by atoms with Crippen LogP contribution < -0.4 is 0 Å². The molecule has 0 N–H and O–H groups in total. The number of carbonyl (C=O) groups excluding carboxylic acids is 2. The number of benzene rings is 3. The fourth-order valence-electron chi connectivity index (χ4n) is 2.51. The highest BCUT2D eigenvalue weighted by Crippen LogP contribution is 2.26. The van der Waals surface area contributed by atoms with Crippen molar-refractivity contribution in [2.24, 2.45) is 0 Å². The minimum Gasteiger partial charge on any atom is -0.334 e. The zero-order valence-electron chi connectivity index (χ0n) is 13.7. The van der Waals surface area contributed by atoms with Gasteiger partial charge in [-0.25, -0.2) is 0 Å². The molecule has 5 nitrogen and oxygen atoms in total. The van der Waals surface area contributed by atoms with Crippen molar-refractivity contribution in [2.45, 2.75) is 0 Å². The average molecular weight is 342 g/mol. The minimum absolute atomic E-state index is 0.250. The number of hydrogen-bond acceptors (Lipinski definition) is 5. The van der Waals surface area contributed by atoms with E-state index in [1.165, 1.54) is 5.56 Å². The molecular weight excluding hydrogens is 328 g/mol. The van der Waals surface area contributed by atoms with Gasteiger partial charge in [-0.1, -0.05) is 71.9 Å². The molecule has 0 spiro atoms. The summed E-state index contributed by atoms with van der Waals surface area (Å²) in [6.07, 6.45) is 0.250. The summed E-state index contributed by atoms with van der Waals surface area (Å²) in [6.45, 7) is 0. The van der Waals surface area contributed by atoms with Crippen LogP contribution in [0.15, 0.2) is 89.5 Å². The zero-order valence-corrected chi connectivity index (χ0v) is 13.7. The molecule has 0 saturated carbocycles. The van der Waals surface area contributed by atoms with Crippen molar-refractivity contribution in [2.75, 3.05) is 0 Å². The lowest BCUT2D eigenvalue weighted by atomic mass is 10.0. The molecule has 0 aliphatic carbocycles. The Bertz CT molecular complexity index is 1010. The summed E-state index contributed by atoms with van der Waals surface area (Å²) >= 11 is 0. The Morgan fingerprint density at radius 2 is 1.19 bits per heavy atom. The van der Waals surface area contributed by atoms with Gasteiger partial charge in [-0.3, -0.25) is 0 Å². The minimum atomic E-state index is 0.250. The SMILES string of the molecule is O=C=O.c1ccc(-c2cccc(-c3noc(-c4ccccc4)n3)c2)cc1. The summed E-state index contributed by atoms with van der Waals surface area (Å²) in [5, 5.41) is 4.11. The smallest absolute Gasteiger partial charge is 0.334 e. The van der Waals surface area contributed by atoms with E-state index in [9.17, 15) is 0 Å². The van der Waals surface area contributed by atoms with Gasteiger partial charge in [-0.15, -0.1) is 0 Å². The average Bonchev–Trinajstić information content (AvgIpc) is 3.20. The molecule has 126 valence electrons. The number of hydrogen-bond donors (Lipinski definition) is 0. The standard InChI is InChI=1S/C20H14N2O.CO2/c1-3-8-15(9-4-1)17-12-7-13-18(14-17)19-21-20(23-22-19)16-10-5-2-6-11-16;2-1-3/h1-14H;. The maximum absolute atomic E-state index is 8.12. The Morgan fingerprint density at radius 3 is 1.85 bits per heavy atom. The second kappa shape index (κ2) is 8.33. The molecule has 1 heterocycles. The van der Waals surface area contributed by atoms with Crippen molar-refractivity contribution in [1.29, 1.82) is 0 Å². The summed E-state index contributed by atoms with van der Waals surface area (Å²) in [6, 6.07) is 28.2. The van der Waals surface area contributed by atoms with Crippen LogP contribution >= 0.6 is 0 Å². The van der Waals surface area contributed by atoms with Gasteiger partial charge in [0, 0.05) is 11.1 Å². The molecule has 1 aromatic heterocycles. The molecule has 5 heteroatoms. The lowest BCUT2D eigenvalue weighted by molar-refractivity contribution is -0.191. The van der Waals surface area contributed by atoms with Crippen LogP contribution in [0.5, 0.6) is 0 Å². The van der Waals surface area contributed by atoms with Gasteiger partial charge in [0.1, 0.15) is 0 Å². The lowest BCUT2D eigenvalue weighted by Gasteiger charge is -2.02. The van der Waals surface area contributed by atoms with Gasteiger partial charge in [0.15, 0.2) is 0 Å². The highest BCUT2D eigenvalue weighted by molar-refractivity contribution is 5.70. The van der Waals surface area contributed by atoms with Crippen molar-refractivity contribution in [1.82, 2.24) is 10.1 Å². The van der Waals surface area contributed by atoms with Crippen molar-refractivity contribution in [3.05, 3.63) is 84.9 Å². The fourth-order valence-corrected chi connectivity index (χ4v) is 2.51. The first-order chi connectivity index (χ1) is 12.8. The second-order valence-corrected chi connectivity index (χ2v) is 5.32. The third kappa shape index (κ3) is 3.98. The molecule has 4 rings (SSSR count). The summed E-state index contributed by atoms with van der Waals surface area (Å²) in [5.41, 5.74) is 4.16. The summed E-state index contributed by atoms with van der Waals surface area (Å²) in [4.78, 5) is 20.8. The molecule has 0 fully saturated rings. The third-order valence-corrected chi connectivity index (χ3v) is 3.67. The van der Waals surface area contributed by atoms with Gasteiger partial charge in [0.05, 0.1) is 0 Å². The van der Waals surface area contributed by atoms with Crippen LogP contribution in [0.25, 0.3) is 34.0 Å². The largest absolute Gasteiger partial charge is 0.373 e. The predicted molar refractivity (Wildman–Crippen MR) is 95.6 cm³/mol. The predicted octanol–water partition coefficient (Wildman–Crippen LogP) is 4.49. The maximum Gasteiger partial charge on any atom is 0.373 e. The molecule has 0 amide bonds. The molecule has 0 aliphatic heterocycles. The van der Waals surface area contributed by atoms with Gasteiger partial charge >= 0.3 is 6.15 Å². The van der Waals surface area contributed by atoms with Crippen molar-refractivity contribution >= 4 is 6.15 Å². The van der Waals surface area contributed by atoms with Crippen LogP contribution in [0, 0.1) is 0 Å². The Labute approximate surface area is 149 Å². The first-order valence-corrected chi connectivity index (χ1v) is 7.86. The van der Waals surface area contributed by atoms with Gasteiger partial charge in [-0.05, 0) is 29.3 Å². The molecule has 0 bridgehead atoms. The van der Waals surface area contributed by atoms with E-state index in [4.69, 9.17) is 14.1 Å². The highest BCUT2D eigenvalue weighted by Gasteiger charge is 2.10. The molecule has 0 radical (unpaired) electrons. The molecule has 3 aromatic carbocycles. The number of nitrogens with zero attached hydrogens (tertiary/aromatic N) is 2. The molecule has 26 heavy (non-hydrogen) atoms. The van der Waals surface area contributed by atoms with Crippen molar-refractivity contribution in [3.8, 4) is 34.0 Å². The Balaban J connectivity index is 0.000000613. The van der Waals surface area contributed by atoms with Crippen LogP contribution in [-0.2, 0) is 9.59 Å². The van der Waals surface area contributed by atoms with E-state index in [-0.39, 0.29) is 6.15 Å². The Hall–Kier alpha value is -3.82. The molecular formula is C21H14N2O3. The number of rotatable bonds is 3. The summed E-state index contributed by atoms with van der Waals surface area (Å²) in [5.74, 6) is 1.13. The zero-order chi connectivity index (χ0) is 18.2. The number of aromatic nitrogens is 2. The molecule has 0 unspecified atom stereocenters. The maximum atomic E-state index is 8.12. The monoisotopic (exact) mass is 342 g/mol. The highest BCUT2D eigenvalue weighted by atomic mass is 16.5.